The number of hydrogen-bond donors (Lipinski definition) is 1. The van der Waals surface area contributed by atoms with Gasteiger partial charge in [0, 0.05) is 27.4 Å². The Labute approximate surface area is 113 Å². The molecule has 0 spiro atoms. The van der Waals surface area contributed by atoms with Crippen LogP contribution < -0.4 is 5.32 Å². The van der Waals surface area contributed by atoms with Crippen molar-refractivity contribution in [3.8, 4) is 0 Å². The van der Waals surface area contributed by atoms with E-state index in [9.17, 15) is 8.42 Å². The van der Waals surface area contributed by atoms with Gasteiger partial charge < -0.3 is 5.32 Å². The Morgan fingerprint density at radius 2 is 2.00 bits per heavy atom. The summed E-state index contributed by atoms with van der Waals surface area (Å²) in [6.07, 6.45) is 1.86. The lowest BCUT2D eigenvalue weighted by Crippen LogP contribution is -2.09. The Morgan fingerprint density at radius 1 is 1.31 bits per heavy atom. The molecule has 90 valence electrons. The van der Waals surface area contributed by atoms with Crippen molar-refractivity contribution < 1.29 is 8.42 Å². The average molecular weight is 371 g/mol. The van der Waals surface area contributed by atoms with Crippen LogP contribution in [0.2, 0.25) is 0 Å². The van der Waals surface area contributed by atoms with Crippen LogP contribution in [0.1, 0.15) is 6.42 Å². The number of halogens is 2. The van der Waals surface area contributed by atoms with Gasteiger partial charge in [0.15, 0.2) is 0 Å². The van der Waals surface area contributed by atoms with Gasteiger partial charge in [0.05, 0.1) is 5.75 Å². The molecule has 1 rings (SSSR count). The standard InChI is InChI=1S/C10H13Br2NO2S/c1-16(14,15)6-2-5-13-10-7-8(11)3-4-9(10)12/h3-4,7,13H,2,5-6H2,1H3. The van der Waals surface area contributed by atoms with Gasteiger partial charge in [-0.05, 0) is 40.5 Å². The van der Waals surface area contributed by atoms with Crippen molar-refractivity contribution in [2.75, 3.05) is 23.9 Å². The van der Waals surface area contributed by atoms with Crippen molar-refractivity contribution in [1.29, 1.82) is 0 Å². The molecule has 0 bridgehead atoms. The van der Waals surface area contributed by atoms with Crippen molar-refractivity contribution >= 4 is 47.4 Å². The van der Waals surface area contributed by atoms with Crippen molar-refractivity contribution in [2.45, 2.75) is 6.42 Å². The highest BCUT2D eigenvalue weighted by molar-refractivity contribution is 9.11. The molecule has 0 aliphatic carbocycles. The smallest absolute Gasteiger partial charge is 0.147 e. The Hall–Kier alpha value is -0.0700. The van der Waals surface area contributed by atoms with Crippen LogP contribution in [0.15, 0.2) is 27.1 Å². The fraction of sp³-hybridized carbons (Fsp3) is 0.400. The van der Waals surface area contributed by atoms with E-state index in [0.29, 0.717) is 13.0 Å². The zero-order valence-electron chi connectivity index (χ0n) is 8.83. The molecule has 0 aromatic heterocycles. The van der Waals surface area contributed by atoms with Crippen LogP contribution in [0, 0.1) is 0 Å². The number of nitrogens with one attached hydrogen (secondary N) is 1. The van der Waals surface area contributed by atoms with E-state index >= 15 is 0 Å². The highest BCUT2D eigenvalue weighted by Gasteiger charge is 2.03. The van der Waals surface area contributed by atoms with Gasteiger partial charge in [-0.3, -0.25) is 0 Å². The second-order valence-electron chi connectivity index (χ2n) is 3.53. The van der Waals surface area contributed by atoms with E-state index < -0.39 is 9.84 Å². The van der Waals surface area contributed by atoms with Crippen LogP contribution in [0.5, 0.6) is 0 Å². The monoisotopic (exact) mass is 369 g/mol. The topological polar surface area (TPSA) is 46.2 Å². The Morgan fingerprint density at radius 3 is 2.62 bits per heavy atom. The van der Waals surface area contributed by atoms with E-state index in [-0.39, 0.29) is 5.75 Å². The maximum absolute atomic E-state index is 10.9. The predicted molar refractivity (Wildman–Crippen MR) is 74.7 cm³/mol. The van der Waals surface area contributed by atoms with E-state index in [1.165, 1.54) is 6.26 Å². The largest absolute Gasteiger partial charge is 0.384 e. The first-order valence-corrected chi connectivity index (χ1v) is 8.40. The Balaban J connectivity index is 2.46. The van der Waals surface area contributed by atoms with Crippen LogP contribution in [-0.4, -0.2) is 27.0 Å². The summed E-state index contributed by atoms with van der Waals surface area (Å²) < 4.78 is 23.8. The molecular weight excluding hydrogens is 358 g/mol. The highest BCUT2D eigenvalue weighted by Crippen LogP contribution is 2.25. The third kappa shape index (κ3) is 5.32. The van der Waals surface area contributed by atoms with Crippen LogP contribution in [0.4, 0.5) is 5.69 Å². The zero-order valence-corrected chi connectivity index (χ0v) is 12.8. The number of rotatable bonds is 5. The second kappa shape index (κ2) is 6.02. The first-order valence-electron chi connectivity index (χ1n) is 4.75. The van der Waals surface area contributed by atoms with Gasteiger partial charge in [-0.2, -0.15) is 0 Å². The zero-order chi connectivity index (χ0) is 12.2. The van der Waals surface area contributed by atoms with Crippen LogP contribution in [0.25, 0.3) is 0 Å². The third-order valence-electron chi connectivity index (χ3n) is 1.94. The normalized spacial score (nSPS) is 11.4. The summed E-state index contributed by atoms with van der Waals surface area (Å²) in [6.45, 7) is 0.641. The fourth-order valence-corrected chi connectivity index (χ4v) is 2.61. The Bertz CT molecular complexity index is 460. The first-order chi connectivity index (χ1) is 7.38. The van der Waals surface area contributed by atoms with E-state index in [1.54, 1.807) is 0 Å². The molecule has 0 aliphatic heterocycles. The van der Waals surface area contributed by atoms with E-state index in [2.05, 4.69) is 37.2 Å². The molecule has 0 saturated carbocycles. The predicted octanol–water partition coefficient (Wildman–Crippen LogP) is 3.06. The number of anilines is 1. The van der Waals surface area contributed by atoms with E-state index in [0.717, 1.165) is 14.6 Å². The summed E-state index contributed by atoms with van der Waals surface area (Å²) in [4.78, 5) is 0. The lowest BCUT2D eigenvalue weighted by Gasteiger charge is -2.08. The number of sulfone groups is 1. The van der Waals surface area contributed by atoms with Crippen LogP contribution in [-0.2, 0) is 9.84 Å². The molecular formula is C10H13Br2NO2S. The molecule has 1 N–H and O–H groups in total. The molecule has 16 heavy (non-hydrogen) atoms. The summed E-state index contributed by atoms with van der Waals surface area (Å²) in [5.41, 5.74) is 0.961. The summed E-state index contributed by atoms with van der Waals surface area (Å²) in [5.74, 6) is 0.214. The summed E-state index contributed by atoms with van der Waals surface area (Å²) in [6, 6.07) is 5.82. The molecule has 0 heterocycles. The van der Waals surface area contributed by atoms with Gasteiger partial charge >= 0.3 is 0 Å². The van der Waals surface area contributed by atoms with E-state index in [1.807, 2.05) is 18.2 Å². The molecule has 0 fully saturated rings. The summed E-state index contributed by atoms with van der Waals surface area (Å²) in [7, 11) is -2.86. The lowest BCUT2D eigenvalue weighted by atomic mass is 10.3. The number of benzene rings is 1. The van der Waals surface area contributed by atoms with Gasteiger partial charge in [-0.15, -0.1) is 0 Å². The van der Waals surface area contributed by atoms with Gasteiger partial charge in [-0.25, -0.2) is 8.42 Å². The molecule has 0 saturated heterocycles. The molecule has 0 amide bonds. The molecule has 0 unspecified atom stereocenters. The second-order valence-corrected chi connectivity index (χ2v) is 7.56. The molecule has 0 radical (unpaired) electrons. The molecule has 3 nitrogen and oxygen atoms in total. The van der Waals surface area contributed by atoms with Crippen molar-refractivity contribution in [1.82, 2.24) is 0 Å². The molecule has 6 heteroatoms. The molecule has 0 aliphatic rings. The molecule has 1 aromatic carbocycles. The number of hydrogen-bond acceptors (Lipinski definition) is 3. The van der Waals surface area contributed by atoms with Crippen molar-refractivity contribution in [3.63, 3.8) is 0 Å². The maximum Gasteiger partial charge on any atom is 0.147 e. The van der Waals surface area contributed by atoms with Gasteiger partial charge in [0.2, 0.25) is 0 Å². The van der Waals surface area contributed by atoms with Gasteiger partial charge in [0.1, 0.15) is 9.84 Å². The van der Waals surface area contributed by atoms with Crippen molar-refractivity contribution in [2.24, 2.45) is 0 Å². The third-order valence-corrected chi connectivity index (χ3v) is 4.15. The van der Waals surface area contributed by atoms with Crippen LogP contribution >= 0.6 is 31.9 Å². The minimum atomic E-state index is -2.86. The molecule has 1 aromatic rings. The minimum absolute atomic E-state index is 0.214. The maximum atomic E-state index is 10.9. The van der Waals surface area contributed by atoms with Gasteiger partial charge in [0.25, 0.3) is 0 Å². The lowest BCUT2D eigenvalue weighted by molar-refractivity contribution is 0.600. The summed E-state index contributed by atoms with van der Waals surface area (Å²) in [5, 5.41) is 3.19. The van der Waals surface area contributed by atoms with Crippen LogP contribution in [0.3, 0.4) is 0 Å². The Kier molecular flexibility index (Phi) is 5.27. The molecule has 0 atom stereocenters. The summed E-state index contributed by atoms with van der Waals surface area (Å²) >= 11 is 6.80. The minimum Gasteiger partial charge on any atom is -0.384 e. The fourth-order valence-electron chi connectivity index (χ4n) is 1.19. The SMILES string of the molecule is CS(=O)(=O)CCCNc1cc(Br)ccc1Br. The van der Waals surface area contributed by atoms with E-state index in [4.69, 9.17) is 0 Å². The van der Waals surface area contributed by atoms with Gasteiger partial charge in [-0.1, -0.05) is 15.9 Å². The average Bonchev–Trinajstić information content (AvgIpc) is 2.16. The highest BCUT2D eigenvalue weighted by atomic mass is 79.9. The van der Waals surface area contributed by atoms with Crippen molar-refractivity contribution in [3.05, 3.63) is 27.1 Å². The quantitative estimate of drug-likeness (QED) is 0.810. The first kappa shape index (κ1) is 14.0.